The maximum atomic E-state index is 12.6. The van der Waals surface area contributed by atoms with Crippen molar-refractivity contribution in [2.45, 2.75) is 65.8 Å². The van der Waals surface area contributed by atoms with Crippen LogP contribution in [0.3, 0.4) is 0 Å². The standard InChI is InChI=1S/C19H28N2O2/c1-13-10-11-14(2)16(12-13)21-18(23)19(3,4)17(22)20-15-8-6-5-7-9-15/h10-12,15H,5-9H2,1-4H3,(H,20,22)(H,21,23). The van der Waals surface area contributed by atoms with Crippen molar-refractivity contribution in [3.8, 4) is 0 Å². The van der Waals surface area contributed by atoms with E-state index >= 15 is 0 Å². The molecule has 2 rings (SSSR count). The molecular weight excluding hydrogens is 288 g/mol. The summed E-state index contributed by atoms with van der Waals surface area (Å²) in [5, 5.41) is 5.96. The minimum absolute atomic E-state index is 0.188. The van der Waals surface area contributed by atoms with E-state index in [2.05, 4.69) is 10.6 Å². The van der Waals surface area contributed by atoms with Gasteiger partial charge in [-0.25, -0.2) is 0 Å². The van der Waals surface area contributed by atoms with Crippen molar-refractivity contribution in [3.05, 3.63) is 29.3 Å². The van der Waals surface area contributed by atoms with Gasteiger partial charge in [0.15, 0.2) is 0 Å². The number of amides is 2. The van der Waals surface area contributed by atoms with E-state index in [1.165, 1.54) is 6.42 Å². The second-order valence-corrected chi connectivity index (χ2v) is 7.21. The quantitative estimate of drug-likeness (QED) is 0.832. The lowest BCUT2D eigenvalue weighted by atomic mass is 9.88. The van der Waals surface area contributed by atoms with Crippen LogP contribution in [0.25, 0.3) is 0 Å². The molecule has 0 aromatic heterocycles. The number of aryl methyl sites for hydroxylation is 2. The Labute approximate surface area is 139 Å². The van der Waals surface area contributed by atoms with E-state index in [9.17, 15) is 9.59 Å². The van der Waals surface area contributed by atoms with Gasteiger partial charge < -0.3 is 10.6 Å². The lowest BCUT2D eigenvalue weighted by molar-refractivity contribution is -0.139. The molecule has 4 heteroatoms. The molecule has 0 aliphatic heterocycles. The molecule has 1 aromatic carbocycles. The maximum absolute atomic E-state index is 12.6. The van der Waals surface area contributed by atoms with Crippen molar-refractivity contribution in [2.75, 3.05) is 5.32 Å². The number of nitrogens with one attached hydrogen (secondary N) is 2. The van der Waals surface area contributed by atoms with Crippen LogP contribution >= 0.6 is 0 Å². The summed E-state index contributed by atoms with van der Waals surface area (Å²) in [6.45, 7) is 7.30. The van der Waals surface area contributed by atoms with Gasteiger partial charge in [-0.1, -0.05) is 31.4 Å². The molecule has 1 fully saturated rings. The number of hydrogen-bond acceptors (Lipinski definition) is 2. The smallest absolute Gasteiger partial charge is 0.239 e. The van der Waals surface area contributed by atoms with E-state index in [0.717, 1.165) is 42.5 Å². The van der Waals surface area contributed by atoms with Gasteiger partial charge in [-0.3, -0.25) is 9.59 Å². The molecule has 1 aliphatic rings. The molecule has 0 spiro atoms. The minimum Gasteiger partial charge on any atom is -0.352 e. The Hall–Kier alpha value is -1.84. The van der Waals surface area contributed by atoms with Gasteiger partial charge in [0.25, 0.3) is 0 Å². The van der Waals surface area contributed by atoms with Crippen molar-refractivity contribution < 1.29 is 9.59 Å². The first-order chi connectivity index (χ1) is 10.8. The molecule has 0 unspecified atom stereocenters. The molecule has 1 aromatic rings. The Bertz CT molecular complexity index is 587. The molecular formula is C19H28N2O2. The molecule has 0 bridgehead atoms. The van der Waals surface area contributed by atoms with Gasteiger partial charge in [-0.05, 0) is 57.7 Å². The first kappa shape index (κ1) is 17.5. The minimum atomic E-state index is -1.09. The zero-order valence-electron chi connectivity index (χ0n) is 14.7. The number of anilines is 1. The van der Waals surface area contributed by atoms with Crippen LogP contribution in [0.15, 0.2) is 18.2 Å². The molecule has 2 amide bonds. The molecule has 2 N–H and O–H groups in total. The molecule has 23 heavy (non-hydrogen) atoms. The van der Waals surface area contributed by atoms with Crippen LogP contribution in [0.2, 0.25) is 0 Å². The average molecular weight is 316 g/mol. The van der Waals surface area contributed by atoms with Crippen molar-refractivity contribution in [3.63, 3.8) is 0 Å². The van der Waals surface area contributed by atoms with Crippen LogP contribution < -0.4 is 10.6 Å². The molecule has 0 atom stereocenters. The second kappa shape index (κ2) is 7.16. The number of carbonyl (C=O) groups excluding carboxylic acids is 2. The Morgan fingerprint density at radius 2 is 1.70 bits per heavy atom. The zero-order valence-corrected chi connectivity index (χ0v) is 14.7. The van der Waals surface area contributed by atoms with E-state index in [1.807, 2.05) is 32.0 Å². The Kier molecular flexibility index (Phi) is 5.45. The summed E-state index contributed by atoms with van der Waals surface area (Å²) in [6, 6.07) is 6.12. The predicted molar refractivity (Wildman–Crippen MR) is 93.3 cm³/mol. The maximum Gasteiger partial charge on any atom is 0.239 e. The third-order valence-corrected chi connectivity index (χ3v) is 4.72. The fourth-order valence-corrected chi connectivity index (χ4v) is 2.86. The largest absolute Gasteiger partial charge is 0.352 e. The summed E-state index contributed by atoms with van der Waals surface area (Å²) >= 11 is 0. The molecule has 1 aliphatic carbocycles. The molecule has 126 valence electrons. The van der Waals surface area contributed by atoms with Crippen molar-refractivity contribution >= 4 is 17.5 Å². The SMILES string of the molecule is Cc1ccc(C)c(NC(=O)C(C)(C)C(=O)NC2CCCCC2)c1. The summed E-state index contributed by atoms with van der Waals surface area (Å²) in [5.74, 6) is -0.452. The van der Waals surface area contributed by atoms with Crippen LogP contribution in [0.4, 0.5) is 5.69 Å². The van der Waals surface area contributed by atoms with Gasteiger partial charge >= 0.3 is 0 Å². The van der Waals surface area contributed by atoms with Gasteiger partial charge in [0.2, 0.25) is 11.8 Å². The average Bonchev–Trinajstić information content (AvgIpc) is 2.51. The first-order valence-corrected chi connectivity index (χ1v) is 8.50. The van der Waals surface area contributed by atoms with E-state index < -0.39 is 5.41 Å². The molecule has 0 saturated heterocycles. The van der Waals surface area contributed by atoms with Crippen molar-refractivity contribution in [1.82, 2.24) is 5.32 Å². The molecule has 0 heterocycles. The van der Waals surface area contributed by atoms with Gasteiger partial charge in [0.05, 0.1) is 0 Å². The van der Waals surface area contributed by atoms with Crippen LogP contribution in [0, 0.1) is 19.3 Å². The summed E-state index contributed by atoms with van der Waals surface area (Å²) in [4.78, 5) is 25.2. The summed E-state index contributed by atoms with van der Waals surface area (Å²) in [6.07, 6.45) is 5.57. The van der Waals surface area contributed by atoms with Crippen molar-refractivity contribution in [1.29, 1.82) is 0 Å². The normalized spacial score (nSPS) is 16.0. The highest BCUT2D eigenvalue weighted by molar-refractivity contribution is 6.10. The van der Waals surface area contributed by atoms with E-state index in [1.54, 1.807) is 13.8 Å². The van der Waals surface area contributed by atoms with Crippen LogP contribution in [-0.4, -0.2) is 17.9 Å². The highest BCUT2D eigenvalue weighted by Gasteiger charge is 2.37. The number of benzene rings is 1. The Morgan fingerprint density at radius 3 is 2.35 bits per heavy atom. The summed E-state index contributed by atoms with van der Waals surface area (Å²) in [7, 11) is 0. The van der Waals surface area contributed by atoms with Gasteiger partial charge in [0.1, 0.15) is 5.41 Å². The molecule has 4 nitrogen and oxygen atoms in total. The van der Waals surface area contributed by atoms with E-state index in [-0.39, 0.29) is 17.9 Å². The third-order valence-electron chi connectivity index (χ3n) is 4.72. The Balaban J connectivity index is 2.03. The Morgan fingerprint density at radius 1 is 1.04 bits per heavy atom. The number of hydrogen-bond donors (Lipinski definition) is 2. The van der Waals surface area contributed by atoms with Gasteiger partial charge in [0, 0.05) is 11.7 Å². The molecule has 0 radical (unpaired) electrons. The number of rotatable bonds is 4. The summed E-state index contributed by atoms with van der Waals surface area (Å²) in [5.41, 5.74) is 1.75. The van der Waals surface area contributed by atoms with Gasteiger partial charge in [-0.2, -0.15) is 0 Å². The zero-order chi connectivity index (χ0) is 17.0. The topological polar surface area (TPSA) is 58.2 Å². The van der Waals surface area contributed by atoms with Gasteiger partial charge in [-0.15, -0.1) is 0 Å². The first-order valence-electron chi connectivity index (χ1n) is 8.50. The van der Waals surface area contributed by atoms with E-state index in [4.69, 9.17) is 0 Å². The van der Waals surface area contributed by atoms with Crippen LogP contribution in [0.1, 0.15) is 57.1 Å². The fourth-order valence-electron chi connectivity index (χ4n) is 2.86. The number of carbonyl (C=O) groups is 2. The van der Waals surface area contributed by atoms with Crippen LogP contribution in [-0.2, 0) is 9.59 Å². The third kappa shape index (κ3) is 4.34. The second-order valence-electron chi connectivity index (χ2n) is 7.21. The lowest BCUT2D eigenvalue weighted by Crippen LogP contribution is -2.49. The highest BCUT2D eigenvalue weighted by Crippen LogP contribution is 2.24. The fraction of sp³-hybridized carbons (Fsp3) is 0.579. The highest BCUT2D eigenvalue weighted by atomic mass is 16.2. The monoisotopic (exact) mass is 316 g/mol. The molecule has 1 saturated carbocycles. The lowest BCUT2D eigenvalue weighted by Gasteiger charge is -2.28. The van der Waals surface area contributed by atoms with Crippen molar-refractivity contribution in [2.24, 2.45) is 5.41 Å². The summed E-state index contributed by atoms with van der Waals surface area (Å²) < 4.78 is 0. The van der Waals surface area contributed by atoms with Crippen LogP contribution in [0.5, 0.6) is 0 Å². The predicted octanol–water partition coefficient (Wildman–Crippen LogP) is 3.72. The van der Waals surface area contributed by atoms with E-state index in [0.29, 0.717) is 0 Å².